The summed E-state index contributed by atoms with van der Waals surface area (Å²) in [6, 6.07) is 0. The highest BCUT2D eigenvalue weighted by atomic mass is 16.5. The van der Waals surface area contributed by atoms with Crippen LogP contribution in [0.2, 0.25) is 0 Å². The molecular weight excluding hydrogens is 186 g/mol. The maximum Gasteiger partial charge on any atom is 0.0538 e. The van der Waals surface area contributed by atoms with E-state index in [0.717, 1.165) is 13.2 Å². The predicted octanol–water partition coefficient (Wildman–Crippen LogP) is 2.45. The molecular formula is C13H23NO. The van der Waals surface area contributed by atoms with E-state index in [1.807, 2.05) is 0 Å². The van der Waals surface area contributed by atoms with E-state index in [-0.39, 0.29) is 0 Å². The molecule has 0 aromatic rings. The summed E-state index contributed by atoms with van der Waals surface area (Å²) in [6.07, 6.45) is 4.27. The van der Waals surface area contributed by atoms with Crippen molar-refractivity contribution in [2.24, 2.45) is 5.41 Å². The molecule has 2 nitrogen and oxygen atoms in total. The monoisotopic (exact) mass is 209 g/mol. The molecule has 2 fully saturated rings. The minimum atomic E-state index is 0.371. The normalized spacial score (nSPS) is 25.1. The van der Waals surface area contributed by atoms with Crippen molar-refractivity contribution in [2.75, 3.05) is 26.2 Å². The van der Waals surface area contributed by atoms with Crippen molar-refractivity contribution in [1.29, 1.82) is 0 Å². The van der Waals surface area contributed by atoms with Gasteiger partial charge in [0.2, 0.25) is 0 Å². The lowest BCUT2D eigenvalue weighted by Crippen LogP contribution is -2.31. The highest BCUT2D eigenvalue weighted by Gasteiger charge is 2.44. The van der Waals surface area contributed by atoms with Gasteiger partial charge in [-0.15, -0.1) is 0 Å². The molecule has 86 valence electrons. The second kappa shape index (κ2) is 4.26. The van der Waals surface area contributed by atoms with E-state index in [2.05, 4.69) is 25.3 Å². The maximum absolute atomic E-state index is 5.76. The van der Waals surface area contributed by atoms with Crippen LogP contribution in [0.1, 0.15) is 33.1 Å². The summed E-state index contributed by atoms with van der Waals surface area (Å²) in [5.74, 6) is 0. The zero-order chi connectivity index (χ0) is 10.9. The highest BCUT2D eigenvalue weighted by molar-refractivity contribution is 5.06. The predicted molar refractivity (Wildman–Crippen MR) is 63.0 cm³/mol. The standard InChI is InChI=1S/C13H23NO/c1-11(2)15-10-13(5-6-13)9-14-7-4-12(3)8-14/h11H,3-10H2,1-2H3. The Kier molecular flexibility index (Phi) is 3.17. The van der Waals surface area contributed by atoms with Crippen molar-refractivity contribution >= 4 is 0 Å². The molecule has 2 rings (SSSR count). The van der Waals surface area contributed by atoms with Gasteiger partial charge in [-0.2, -0.15) is 0 Å². The van der Waals surface area contributed by atoms with Crippen molar-refractivity contribution in [1.82, 2.24) is 4.90 Å². The molecule has 15 heavy (non-hydrogen) atoms. The topological polar surface area (TPSA) is 12.5 Å². The number of likely N-dealkylation sites (tertiary alicyclic amines) is 1. The van der Waals surface area contributed by atoms with Crippen molar-refractivity contribution < 1.29 is 4.74 Å². The summed E-state index contributed by atoms with van der Waals surface area (Å²) in [5, 5.41) is 0. The maximum atomic E-state index is 5.76. The molecule has 1 aliphatic heterocycles. The largest absolute Gasteiger partial charge is 0.378 e. The van der Waals surface area contributed by atoms with Gasteiger partial charge in [0.1, 0.15) is 0 Å². The third-order valence-electron chi connectivity index (χ3n) is 3.47. The third kappa shape index (κ3) is 3.05. The Balaban J connectivity index is 1.76. The minimum Gasteiger partial charge on any atom is -0.378 e. The third-order valence-corrected chi connectivity index (χ3v) is 3.47. The fourth-order valence-corrected chi connectivity index (χ4v) is 2.27. The molecule has 0 spiro atoms. The summed E-state index contributed by atoms with van der Waals surface area (Å²) in [4.78, 5) is 2.54. The van der Waals surface area contributed by atoms with Crippen LogP contribution in [-0.4, -0.2) is 37.2 Å². The fourth-order valence-electron chi connectivity index (χ4n) is 2.27. The Hall–Kier alpha value is -0.340. The molecule has 1 heterocycles. The van der Waals surface area contributed by atoms with Gasteiger partial charge in [0.15, 0.2) is 0 Å². The Bertz CT molecular complexity index is 243. The van der Waals surface area contributed by atoms with Gasteiger partial charge in [-0.05, 0) is 33.1 Å². The van der Waals surface area contributed by atoms with Gasteiger partial charge in [-0.1, -0.05) is 12.2 Å². The first kappa shape index (κ1) is 11.2. The van der Waals surface area contributed by atoms with Gasteiger partial charge in [0.25, 0.3) is 0 Å². The number of ether oxygens (including phenoxy) is 1. The SMILES string of the molecule is C=C1CCN(CC2(COC(C)C)CC2)C1. The molecule has 0 aromatic carbocycles. The molecule has 0 aromatic heterocycles. The van der Waals surface area contributed by atoms with E-state index in [1.54, 1.807) is 0 Å². The molecule has 0 amide bonds. The molecule has 0 radical (unpaired) electrons. The Morgan fingerprint density at radius 1 is 1.47 bits per heavy atom. The number of nitrogens with zero attached hydrogens (tertiary/aromatic N) is 1. The first-order chi connectivity index (χ1) is 7.10. The van der Waals surface area contributed by atoms with E-state index in [1.165, 1.54) is 37.9 Å². The molecule has 0 unspecified atom stereocenters. The quantitative estimate of drug-likeness (QED) is 0.645. The van der Waals surface area contributed by atoms with Crippen molar-refractivity contribution in [3.05, 3.63) is 12.2 Å². The summed E-state index contributed by atoms with van der Waals surface area (Å²) >= 11 is 0. The van der Waals surface area contributed by atoms with Crippen LogP contribution in [0.3, 0.4) is 0 Å². The van der Waals surface area contributed by atoms with Crippen molar-refractivity contribution in [3.63, 3.8) is 0 Å². The number of hydrogen-bond donors (Lipinski definition) is 0. The van der Waals surface area contributed by atoms with Crippen LogP contribution in [0.4, 0.5) is 0 Å². The average molecular weight is 209 g/mol. The molecule has 1 saturated carbocycles. The fraction of sp³-hybridized carbons (Fsp3) is 0.846. The van der Waals surface area contributed by atoms with E-state index in [4.69, 9.17) is 4.74 Å². The number of hydrogen-bond acceptors (Lipinski definition) is 2. The van der Waals surface area contributed by atoms with Gasteiger partial charge < -0.3 is 4.74 Å². The number of rotatable bonds is 5. The highest BCUT2D eigenvalue weighted by Crippen LogP contribution is 2.47. The van der Waals surface area contributed by atoms with E-state index < -0.39 is 0 Å². The van der Waals surface area contributed by atoms with Crippen LogP contribution in [0.15, 0.2) is 12.2 Å². The van der Waals surface area contributed by atoms with Gasteiger partial charge in [-0.25, -0.2) is 0 Å². The van der Waals surface area contributed by atoms with Crippen LogP contribution in [-0.2, 0) is 4.74 Å². The first-order valence-corrected chi connectivity index (χ1v) is 6.10. The van der Waals surface area contributed by atoms with Crippen molar-refractivity contribution in [3.8, 4) is 0 Å². The summed E-state index contributed by atoms with van der Waals surface area (Å²) in [5.41, 5.74) is 1.89. The van der Waals surface area contributed by atoms with Gasteiger partial charge in [0.05, 0.1) is 12.7 Å². The lowest BCUT2D eigenvalue weighted by molar-refractivity contribution is 0.0337. The van der Waals surface area contributed by atoms with E-state index >= 15 is 0 Å². The Morgan fingerprint density at radius 3 is 2.67 bits per heavy atom. The van der Waals surface area contributed by atoms with Gasteiger partial charge >= 0.3 is 0 Å². The van der Waals surface area contributed by atoms with Gasteiger partial charge in [0, 0.05) is 25.0 Å². The zero-order valence-electron chi connectivity index (χ0n) is 10.1. The zero-order valence-corrected chi connectivity index (χ0v) is 10.1. The summed E-state index contributed by atoms with van der Waals surface area (Å²) in [7, 11) is 0. The molecule has 2 aliphatic rings. The summed E-state index contributed by atoms with van der Waals surface area (Å²) < 4.78 is 5.76. The second-order valence-corrected chi connectivity index (χ2v) is 5.57. The minimum absolute atomic E-state index is 0.371. The molecule has 1 aliphatic carbocycles. The molecule has 1 saturated heterocycles. The van der Waals surface area contributed by atoms with Crippen LogP contribution >= 0.6 is 0 Å². The molecule has 2 heteroatoms. The van der Waals surface area contributed by atoms with Crippen molar-refractivity contribution in [2.45, 2.75) is 39.2 Å². The van der Waals surface area contributed by atoms with Crippen LogP contribution in [0, 0.1) is 5.41 Å². The van der Waals surface area contributed by atoms with Crippen LogP contribution in [0.25, 0.3) is 0 Å². The lowest BCUT2D eigenvalue weighted by Gasteiger charge is -2.23. The Morgan fingerprint density at radius 2 is 2.20 bits per heavy atom. The molecule has 0 bridgehead atoms. The smallest absolute Gasteiger partial charge is 0.0538 e. The first-order valence-electron chi connectivity index (χ1n) is 6.10. The molecule has 0 atom stereocenters. The molecule has 0 N–H and O–H groups in total. The van der Waals surface area contributed by atoms with Gasteiger partial charge in [-0.3, -0.25) is 4.90 Å². The second-order valence-electron chi connectivity index (χ2n) is 5.57. The van der Waals surface area contributed by atoms with E-state index in [9.17, 15) is 0 Å². The lowest BCUT2D eigenvalue weighted by atomic mass is 10.1. The summed E-state index contributed by atoms with van der Waals surface area (Å²) in [6.45, 7) is 12.8. The average Bonchev–Trinajstić information content (AvgIpc) is 2.81. The Labute approximate surface area is 93.3 Å². The van der Waals surface area contributed by atoms with E-state index in [0.29, 0.717) is 11.5 Å². The van der Waals surface area contributed by atoms with Crippen LogP contribution in [0.5, 0.6) is 0 Å². The van der Waals surface area contributed by atoms with Crippen LogP contribution < -0.4 is 0 Å².